The Bertz CT molecular complexity index is 521. The largest absolute Gasteiger partial charge is 0.334 e. The second-order valence-corrected chi connectivity index (χ2v) is 5.23. The summed E-state index contributed by atoms with van der Waals surface area (Å²) < 4.78 is 0. The van der Waals surface area contributed by atoms with Crippen LogP contribution in [0.25, 0.3) is 0 Å². The van der Waals surface area contributed by atoms with Gasteiger partial charge in [0.2, 0.25) is 5.91 Å². The number of benzene rings is 1. The summed E-state index contributed by atoms with van der Waals surface area (Å²) in [6.07, 6.45) is 3.56. The van der Waals surface area contributed by atoms with Crippen LogP contribution < -0.4 is 21.3 Å². The summed E-state index contributed by atoms with van der Waals surface area (Å²) in [6, 6.07) is 6.77. The summed E-state index contributed by atoms with van der Waals surface area (Å²) >= 11 is 0. The number of hydrogen-bond donors (Lipinski definition) is 4. The zero-order valence-electron chi connectivity index (χ0n) is 12.5. The number of hydrogen-bond acceptors (Lipinski definition) is 3. The third kappa shape index (κ3) is 4.89. The minimum absolute atomic E-state index is 0.0243. The average molecular weight is 302 g/mol. The van der Waals surface area contributed by atoms with Crippen LogP contribution in [0.5, 0.6) is 0 Å². The van der Waals surface area contributed by atoms with Gasteiger partial charge >= 0.3 is 6.03 Å². The van der Waals surface area contributed by atoms with Crippen LogP contribution in [-0.4, -0.2) is 31.6 Å². The monoisotopic (exact) mass is 302 g/mol. The summed E-state index contributed by atoms with van der Waals surface area (Å²) in [5, 5.41) is 11.5. The molecular formula is C16H22N4O2. The summed E-state index contributed by atoms with van der Waals surface area (Å²) in [6.45, 7) is 5.66. The molecule has 1 atom stereocenters. The predicted molar refractivity (Wildman–Crippen MR) is 87.9 cm³/mol. The van der Waals surface area contributed by atoms with E-state index in [9.17, 15) is 9.59 Å². The number of urea groups is 1. The molecule has 6 heteroatoms. The molecule has 0 bridgehead atoms. The molecule has 22 heavy (non-hydrogen) atoms. The molecule has 4 N–H and O–H groups in total. The van der Waals surface area contributed by atoms with Gasteiger partial charge in [-0.2, -0.15) is 0 Å². The van der Waals surface area contributed by atoms with Crippen LogP contribution in [0.3, 0.4) is 0 Å². The van der Waals surface area contributed by atoms with E-state index in [4.69, 9.17) is 0 Å². The second-order valence-electron chi connectivity index (χ2n) is 5.23. The van der Waals surface area contributed by atoms with Gasteiger partial charge in [0.25, 0.3) is 0 Å². The minimum atomic E-state index is -0.287. The number of piperidine rings is 1. The first-order valence-electron chi connectivity index (χ1n) is 7.46. The third-order valence-electron chi connectivity index (χ3n) is 3.48. The van der Waals surface area contributed by atoms with Crippen molar-refractivity contribution in [1.29, 1.82) is 0 Å². The van der Waals surface area contributed by atoms with Crippen molar-refractivity contribution in [2.45, 2.75) is 12.8 Å². The second kappa shape index (κ2) is 8.19. The van der Waals surface area contributed by atoms with Crippen LogP contribution >= 0.6 is 0 Å². The van der Waals surface area contributed by atoms with Crippen molar-refractivity contribution in [2.75, 3.05) is 30.3 Å². The first kappa shape index (κ1) is 16.0. The van der Waals surface area contributed by atoms with E-state index >= 15 is 0 Å². The fourth-order valence-electron chi connectivity index (χ4n) is 2.30. The molecule has 0 spiro atoms. The van der Waals surface area contributed by atoms with Crippen LogP contribution in [-0.2, 0) is 4.79 Å². The van der Waals surface area contributed by atoms with Crippen LogP contribution in [0.2, 0.25) is 0 Å². The highest BCUT2D eigenvalue weighted by Gasteiger charge is 2.20. The lowest BCUT2D eigenvalue weighted by Gasteiger charge is -2.21. The quantitative estimate of drug-likeness (QED) is 0.627. The van der Waals surface area contributed by atoms with Crippen LogP contribution in [0.1, 0.15) is 12.8 Å². The van der Waals surface area contributed by atoms with Crippen LogP contribution in [0.15, 0.2) is 36.9 Å². The molecule has 2 rings (SSSR count). The van der Waals surface area contributed by atoms with Crippen molar-refractivity contribution in [3.05, 3.63) is 36.9 Å². The predicted octanol–water partition coefficient (Wildman–Crippen LogP) is 1.93. The highest BCUT2D eigenvalue weighted by molar-refractivity contribution is 5.93. The van der Waals surface area contributed by atoms with Gasteiger partial charge in [-0.1, -0.05) is 6.08 Å². The van der Waals surface area contributed by atoms with Gasteiger partial charge in [-0.15, -0.1) is 6.58 Å². The highest BCUT2D eigenvalue weighted by atomic mass is 16.2. The van der Waals surface area contributed by atoms with E-state index in [0.29, 0.717) is 12.2 Å². The van der Waals surface area contributed by atoms with E-state index in [2.05, 4.69) is 27.8 Å². The zero-order valence-corrected chi connectivity index (χ0v) is 12.5. The topological polar surface area (TPSA) is 82.3 Å². The molecule has 0 radical (unpaired) electrons. The first-order chi connectivity index (χ1) is 10.7. The zero-order chi connectivity index (χ0) is 15.8. The molecule has 1 unspecified atom stereocenters. The van der Waals surface area contributed by atoms with Gasteiger partial charge in [0.15, 0.2) is 0 Å². The lowest BCUT2D eigenvalue weighted by atomic mass is 9.99. The Hall–Kier alpha value is -2.34. The van der Waals surface area contributed by atoms with Gasteiger partial charge in [-0.25, -0.2) is 4.79 Å². The minimum Gasteiger partial charge on any atom is -0.334 e. The molecule has 3 amide bonds. The normalized spacial score (nSPS) is 17.4. The van der Waals surface area contributed by atoms with E-state index in [1.807, 2.05) is 0 Å². The summed E-state index contributed by atoms with van der Waals surface area (Å²) in [5.74, 6) is 0.0628. The van der Waals surface area contributed by atoms with E-state index in [1.165, 1.54) is 0 Å². The van der Waals surface area contributed by atoms with Gasteiger partial charge in [0.05, 0.1) is 5.92 Å². The molecule has 1 aromatic carbocycles. The highest BCUT2D eigenvalue weighted by Crippen LogP contribution is 2.16. The van der Waals surface area contributed by atoms with Crippen molar-refractivity contribution in [3.63, 3.8) is 0 Å². The van der Waals surface area contributed by atoms with E-state index in [-0.39, 0.29) is 17.9 Å². The Balaban J connectivity index is 1.84. The standard InChI is InChI=1S/C16H22N4O2/c1-2-9-18-16(22)20-14-7-5-13(6-8-14)19-15(21)12-4-3-10-17-11-12/h2,5-8,12,17H,1,3-4,9-11H2,(H,19,21)(H2,18,20,22). The van der Waals surface area contributed by atoms with E-state index in [0.717, 1.165) is 31.6 Å². The fraction of sp³-hybridized carbons (Fsp3) is 0.375. The Morgan fingerprint density at radius 2 is 1.91 bits per heavy atom. The van der Waals surface area contributed by atoms with E-state index < -0.39 is 0 Å². The summed E-state index contributed by atoms with van der Waals surface area (Å²) in [4.78, 5) is 23.6. The first-order valence-corrected chi connectivity index (χ1v) is 7.46. The number of anilines is 2. The molecule has 6 nitrogen and oxygen atoms in total. The Morgan fingerprint density at radius 3 is 2.50 bits per heavy atom. The molecule has 1 aromatic rings. The van der Waals surface area contributed by atoms with Crippen molar-refractivity contribution in [2.24, 2.45) is 5.92 Å². The maximum atomic E-state index is 12.1. The van der Waals surface area contributed by atoms with Crippen molar-refractivity contribution in [3.8, 4) is 0 Å². The summed E-state index contributed by atoms with van der Waals surface area (Å²) in [7, 11) is 0. The molecular weight excluding hydrogens is 280 g/mol. The van der Waals surface area contributed by atoms with Crippen molar-refractivity contribution >= 4 is 23.3 Å². The molecule has 1 aliphatic heterocycles. The molecule has 118 valence electrons. The maximum Gasteiger partial charge on any atom is 0.319 e. The molecule has 1 heterocycles. The number of nitrogens with one attached hydrogen (secondary N) is 4. The maximum absolute atomic E-state index is 12.1. The molecule has 1 fully saturated rings. The number of carbonyl (C=O) groups is 2. The lowest BCUT2D eigenvalue weighted by molar-refractivity contribution is -0.120. The number of carbonyl (C=O) groups excluding carboxylic acids is 2. The van der Waals surface area contributed by atoms with Gasteiger partial charge in [0, 0.05) is 24.5 Å². The van der Waals surface area contributed by atoms with Gasteiger partial charge in [-0.3, -0.25) is 4.79 Å². The average Bonchev–Trinajstić information content (AvgIpc) is 2.55. The molecule has 0 aliphatic carbocycles. The van der Waals surface area contributed by atoms with Gasteiger partial charge < -0.3 is 21.3 Å². The van der Waals surface area contributed by atoms with Gasteiger partial charge in [0.1, 0.15) is 0 Å². The smallest absolute Gasteiger partial charge is 0.319 e. The summed E-state index contributed by atoms with van der Waals surface area (Å²) in [5.41, 5.74) is 1.39. The SMILES string of the molecule is C=CCNC(=O)Nc1ccc(NC(=O)C2CCCNC2)cc1. The van der Waals surface area contributed by atoms with Crippen molar-refractivity contribution in [1.82, 2.24) is 10.6 Å². The fourth-order valence-corrected chi connectivity index (χ4v) is 2.30. The molecule has 1 aliphatic rings. The molecule has 0 aromatic heterocycles. The number of amides is 3. The van der Waals surface area contributed by atoms with E-state index in [1.54, 1.807) is 30.3 Å². The van der Waals surface area contributed by atoms with Gasteiger partial charge in [-0.05, 0) is 43.7 Å². The van der Waals surface area contributed by atoms with Crippen LogP contribution in [0.4, 0.5) is 16.2 Å². The molecule has 1 saturated heterocycles. The van der Waals surface area contributed by atoms with Crippen LogP contribution in [0, 0.1) is 5.92 Å². The Labute approximate surface area is 130 Å². The Morgan fingerprint density at radius 1 is 1.23 bits per heavy atom. The number of rotatable bonds is 5. The van der Waals surface area contributed by atoms with Crippen molar-refractivity contribution < 1.29 is 9.59 Å². The Kier molecular flexibility index (Phi) is 5.97. The third-order valence-corrected chi connectivity index (χ3v) is 3.48. The lowest BCUT2D eigenvalue weighted by Crippen LogP contribution is -2.37. The molecule has 0 saturated carbocycles.